The molecule has 0 heterocycles. The van der Waals surface area contributed by atoms with Crippen LogP contribution in [0.4, 0.5) is 4.39 Å². The lowest BCUT2D eigenvalue weighted by atomic mass is 9.93. The molecule has 0 bridgehead atoms. The molecular weight excluding hydrogens is 247 g/mol. The van der Waals surface area contributed by atoms with E-state index in [0.29, 0.717) is 18.4 Å². The van der Waals surface area contributed by atoms with Crippen molar-refractivity contribution in [2.75, 3.05) is 0 Å². The van der Waals surface area contributed by atoms with Crippen LogP contribution in [-0.4, -0.2) is 11.1 Å². The van der Waals surface area contributed by atoms with Crippen LogP contribution in [0.2, 0.25) is 0 Å². The van der Waals surface area contributed by atoms with E-state index in [9.17, 15) is 9.18 Å². The first-order valence-electron chi connectivity index (χ1n) is 6.24. The van der Waals surface area contributed by atoms with Gasteiger partial charge in [-0.15, -0.1) is 0 Å². The number of nitriles is 1. The summed E-state index contributed by atoms with van der Waals surface area (Å²) in [5.74, 6) is -1.39. The topological polar surface area (TPSA) is 73.1 Å². The number of hydroxylamine groups is 1. The lowest BCUT2D eigenvalue weighted by Gasteiger charge is -2.14. The van der Waals surface area contributed by atoms with Crippen LogP contribution in [0.5, 0.6) is 0 Å². The molecule has 0 spiro atoms. The van der Waals surface area contributed by atoms with E-state index >= 15 is 0 Å². The van der Waals surface area contributed by atoms with Crippen molar-refractivity contribution in [1.29, 1.82) is 5.26 Å². The first kappa shape index (κ1) is 15.1. The van der Waals surface area contributed by atoms with Crippen molar-refractivity contribution in [2.45, 2.75) is 32.6 Å². The Kier molecular flexibility index (Phi) is 5.97. The normalized spacial score (nSPS) is 11.7. The fourth-order valence-corrected chi connectivity index (χ4v) is 1.94. The number of carbonyl (C=O) groups is 1. The van der Waals surface area contributed by atoms with Crippen molar-refractivity contribution in [3.8, 4) is 6.07 Å². The van der Waals surface area contributed by atoms with Gasteiger partial charge in [-0.05, 0) is 30.5 Å². The third-order valence-corrected chi connectivity index (χ3v) is 3.02. The molecule has 5 heteroatoms. The van der Waals surface area contributed by atoms with Gasteiger partial charge in [-0.2, -0.15) is 5.26 Å². The molecule has 0 radical (unpaired) electrons. The summed E-state index contributed by atoms with van der Waals surface area (Å²) in [6.45, 7) is 2.01. The molecule has 1 unspecified atom stereocenters. The molecule has 1 aromatic rings. The largest absolute Gasteiger partial charge is 0.289 e. The van der Waals surface area contributed by atoms with Crippen LogP contribution in [0.25, 0.3) is 0 Å². The van der Waals surface area contributed by atoms with E-state index in [0.717, 1.165) is 12.8 Å². The monoisotopic (exact) mass is 264 g/mol. The molecule has 0 saturated heterocycles. The van der Waals surface area contributed by atoms with Crippen LogP contribution >= 0.6 is 0 Å². The Bertz CT molecular complexity index is 483. The molecule has 1 aromatic carbocycles. The van der Waals surface area contributed by atoms with Crippen molar-refractivity contribution < 1.29 is 14.4 Å². The number of hydrogen-bond donors (Lipinski definition) is 2. The van der Waals surface area contributed by atoms with E-state index in [1.165, 1.54) is 12.1 Å². The summed E-state index contributed by atoms with van der Waals surface area (Å²) in [7, 11) is 0. The van der Waals surface area contributed by atoms with Gasteiger partial charge in [0, 0.05) is 5.92 Å². The number of amides is 1. The summed E-state index contributed by atoms with van der Waals surface area (Å²) in [4.78, 5) is 11.5. The molecule has 0 saturated carbocycles. The van der Waals surface area contributed by atoms with Gasteiger partial charge < -0.3 is 0 Å². The van der Waals surface area contributed by atoms with Crippen molar-refractivity contribution in [1.82, 2.24) is 5.48 Å². The van der Waals surface area contributed by atoms with Gasteiger partial charge in [0.05, 0.1) is 5.56 Å². The summed E-state index contributed by atoms with van der Waals surface area (Å²) < 4.78 is 13.2. The molecule has 0 fully saturated rings. The van der Waals surface area contributed by atoms with E-state index in [1.807, 2.05) is 6.92 Å². The van der Waals surface area contributed by atoms with E-state index in [2.05, 4.69) is 0 Å². The van der Waals surface area contributed by atoms with Crippen LogP contribution in [0.15, 0.2) is 18.2 Å². The molecule has 0 aliphatic heterocycles. The van der Waals surface area contributed by atoms with Crippen LogP contribution < -0.4 is 5.48 Å². The molecule has 4 nitrogen and oxygen atoms in total. The number of hydrogen-bond acceptors (Lipinski definition) is 3. The average Bonchev–Trinajstić information content (AvgIpc) is 2.44. The third-order valence-electron chi connectivity index (χ3n) is 3.02. The van der Waals surface area contributed by atoms with Gasteiger partial charge in [-0.1, -0.05) is 25.8 Å². The number of halogens is 1. The molecule has 102 valence electrons. The minimum Gasteiger partial charge on any atom is -0.289 e. The highest BCUT2D eigenvalue weighted by Gasteiger charge is 2.18. The highest BCUT2D eigenvalue weighted by molar-refractivity contribution is 5.77. The molecular formula is C14H17FN2O2. The Hall–Kier alpha value is -1.93. The van der Waals surface area contributed by atoms with E-state index in [1.54, 1.807) is 17.6 Å². The predicted molar refractivity (Wildman–Crippen MR) is 67.8 cm³/mol. The number of nitrogens with one attached hydrogen (secondary N) is 1. The second-order valence-corrected chi connectivity index (χ2v) is 4.45. The first-order chi connectivity index (χ1) is 9.12. The molecule has 0 aliphatic carbocycles. The van der Waals surface area contributed by atoms with Gasteiger partial charge in [0.25, 0.3) is 0 Å². The number of rotatable bonds is 6. The average molecular weight is 264 g/mol. The van der Waals surface area contributed by atoms with Gasteiger partial charge in [0.2, 0.25) is 5.91 Å². The van der Waals surface area contributed by atoms with Gasteiger partial charge in [0.15, 0.2) is 0 Å². The van der Waals surface area contributed by atoms with Crippen LogP contribution in [-0.2, 0) is 11.2 Å². The maximum absolute atomic E-state index is 13.2. The molecule has 0 aliphatic rings. The molecule has 1 atom stereocenters. The van der Waals surface area contributed by atoms with Gasteiger partial charge in [0.1, 0.15) is 11.9 Å². The number of unbranched alkanes of at least 4 members (excludes halogenated alkanes) is 1. The zero-order valence-electron chi connectivity index (χ0n) is 10.8. The Morgan fingerprint density at radius 1 is 1.58 bits per heavy atom. The van der Waals surface area contributed by atoms with E-state index in [-0.39, 0.29) is 11.5 Å². The van der Waals surface area contributed by atoms with Crippen molar-refractivity contribution in [3.63, 3.8) is 0 Å². The van der Waals surface area contributed by atoms with Crippen LogP contribution in [0, 0.1) is 23.1 Å². The highest BCUT2D eigenvalue weighted by atomic mass is 19.1. The highest BCUT2D eigenvalue weighted by Crippen LogP contribution is 2.18. The fraction of sp³-hybridized carbons (Fsp3) is 0.429. The van der Waals surface area contributed by atoms with Crippen LogP contribution in [0.3, 0.4) is 0 Å². The Morgan fingerprint density at radius 3 is 2.89 bits per heavy atom. The zero-order chi connectivity index (χ0) is 14.3. The maximum atomic E-state index is 13.2. The maximum Gasteiger partial charge on any atom is 0.246 e. The summed E-state index contributed by atoms with van der Waals surface area (Å²) in [6.07, 6.45) is 2.83. The SMILES string of the molecule is CCCCC(Cc1ccc(F)c(C#N)c1)C(=O)NO. The molecule has 1 amide bonds. The second kappa shape index (κ2) is 7.49. The Balaban J connectivity index is 2.84. The first-order valence-corrected chi connectivity index (χ1v) is 6.24. The summed E-state index contributed by atoms with van der Waals surface area (Å²) >= 11 is 0. The predicted octanol–water partition coefficient (Wildman–Crippen LogP) is 2.55. The van der Waals surface area contributed by atoms with Crippen LogP contribution in [0.1, 0.15) is 37.3 Å². The molecule has 0 aromatic heterocycles. The molecule has 1 rings (SSSR count). The Morgan fingerprint density at radius 2 is 2.32 bits per heavy atom. The van der Waals surface area contributed by atoms with Crippen molar-refractivity contribution in [3.05, 3.63) is 35.1 Å². The quantitative estimate of drug-likeness (QED) is 0.612. The fourth-order valence-electron chi connectivity index (χ4n) is 1.94. The number of carbonyl (C=O) groups excluding carboxylic acids is 1. The minimum absolute atomic E-state index is 0.0313. The van der Waals surface area contributed by atoms with Crippen molar-refractivity contribution >= 4 is 5.91 Å². The van der Waals surface area contributed by atoms with E-state index in [4.69, 9.17) is 10.5 Å². The second-order valence-electron chi connectivity index (χ2n) is 4.45. The molecule has 19 heavy (non-hydrogen) atoms. The number of benzene rings is 1. The smallest absolute Gasteiger partial charge is 0.246 e. The summed E-state index contributed by atoms with van der Waals surface area (Å²) in [5, 5.41) is 17.5. The van der Waals surface area contributed by atoms with Gasteiger partial charge in [-0.25, -0.2) is 9.87 Å². The lowest BCUT2D eigenvalue weighted by Crippen LogP contribution is -2.29. The van der Waals surface area contributed by atoms with Crippen molar-refractivity contribution in [2.24, 2.45) is 5.92 Å². The molecule has 2 N–H and O–H groups in total. The lowest BCUT2D eigenvalue weighted by molar-refractivity contribution is -0.133. The van der Waals surface area contributed by atoms with Gasteiger partial charge >= 0.3 is 0 Å². The standard InChI is InChI=1S/C14H17FN2O2/c1-2-3-4-11(14(18)17-19)7-10-5-6-13(15)12(8-10)9-16/h5-6,8,11,19H,2-4,7H2,1H3,(H,17,18). The Labute approximate surface area is 111 Å². The van der Waals surface area contributed by atoms with E-state index < -0.39 is 11.7 Å². The minimum atomic E-state index is -0.567. The zero-order valence-corrected chi connectivity index (χ0v) is 10.8. The number of nitrogens with zero attached hydrogens (tertiary/aromatic N) is 1. The summed E-state index contributed by atoms with van der Waals surface area (Å²) in [6, 6.07) is 5.99. The summed E-state index contributed by atoms with van der Waals surface area (Å²) in [5.41, 5.74) is 2.34. The third kappa shape index (κ3) is 4.34. The van der Waals surface area contributed by atoms with Gasteiger partial charge in [-0.3, -0.25) is 10.0 Å².